The van der Waals surface area contributed by atoms with Crippen LogP contribution >= 0.6 is 11.6 Å². The molecule has 7 nitrogen and oxygen atoms in total. The van der Waals surface area contributed by atoms with Crippen LogP contribution in [0.2, 0.25) is 5.02 Å². The summed E-state index contributed by atoms with van der Waals surface area (Å²) < 4.78 is 2.00. The molecule has 3 N–H and O–H groups in total. The lowest BCUT2D eigenvalue weighted by molar-refractivity contribution is 0.0951. The highest BCUT2D eigenvalue weighted by molar-refractivity contribution is 6.30. The number of anilines is 1. The summed E-state index contributed by atoms with van der Waals surface area (Å²) in [5.74, 6) is 0.597. The van der Waals surface area contributed by atoms with Crippen molar-refractivity contribution in [3.63, 3.8) is 0 Å². The summed E-state index contributed by atoms with van der Waals surface area (Å²) in [4.78, 5) is 25.0. The third kappa shape index (κ3) is 3.56. The van der Waals surface area contributed by atoms with Gasteiger partial charge >= 0.3 is 0 Å². The van der Waals surface area contributed by atoms with Crippen LogP contribution in [0.5, 0.6) is 0 Å². The molecular formula is C24H21ClN6O. The van der Waals surface area contributed by atoms with Crippen molar-refractivity contribution in [1.29, 1.82) is 0 Å². The second-order valence-corrected chi connectivity index (χ2v) is 8.03. The van der Waals surface area contributed by atoms with Gasteiger partial charge in [-0.15, -0.1) is 0 Å². The number of carbonyl (C=O) groups is 1. The zero-order valence-electron chi connectivity index (χ0n) is 17.6. The number of aromatic amines is 1. The maximum atomic E-state index is 12.4. The number of aryl methyl sites for hydroxylation is 1. The van der Waals surface area contributed by atoms with Gasteiger partial charge in [-0.2, -0.15) is 0 Å². The van der Waals surface area contributed by atoms with Crippen molar-refractivity contribution in [2.75, 3.05) is 12.4 Å². The van der Waals surface area contributed by atoms with E-state index in [0.717, 1.165) is 44.7 Å². The molecule has 1 amide bonds. The zero-order chi connectivity index (χ0) is 22.2. The van der Waals surface area contributed by atoms with E-state index in [1.165, 1.54) is 0 Å². The van der Waals surface area contributed by atoms with Crippen LogP contribution in [0.1, 0.15) is 15.9 Å². The second-order valence-electron chi connectivity index (χ2n) is 7.60. The van der Waals surface area contributed by atoms with Crippen LogP contribution in [0.4, 0.5) is 5.82 Å². The molecule has 0 radical (unpaired) electrons. The van der Waals surface area contributed by atoms with E-state index in [4.69, 9.17) is 16.6 Å². The van der Waals surface area contributed by atoms with Crippen molar-refractivity contribution in [2.24, 2.45) is 7.05 Å². The largest absolute Gasteiger partial charge is 0.371 e. The van der Waals surface area contributed by atoms with E-state index in [1.807, 2.05) is 36.9 Å². The van der Waals surface area contributed by atoms with Crippen molar-refractivity contribution in [1.82, 2.24) is 24.8 Å². The minimum atomic E-state index is -0.139. The van der Waals surface area contributed by atoms with Gasteiger partial charge in [0.2, 0.25) is 0 Å². The predicted molar refractivity (Wildman–Crippen MR) is 128 cm³/mol. The number of halogens is 1. The number of rotatable bonds is 5. The van der Waals surface area contributed by atoms with Gasteiger partial charge in [-0.3, -0.25) is 4.79 Å². The number of carbonyl (C=O) groups excluding carboxylic acids is 1. The fourth-order valence-corrected chi connectivity index (χ4v) is 3.99. The summed E-state index contributed by atoms with van der Waals surface area (Å²) in [5.41, 5.74) is 6.20. The van der Waals surface area contributed by atoms with Crippen LogP contribution in [0.15, 0.2) is 60.9 Å². The number of hydrogen-bond donors (Lipinski definition) is 3. The number of benzene rings is 2. The minimum absolute atomic E-state index is 0.139. The molecular weight excluding hydrogens is 424 g/mol. The lowest BCUT2D eigenvalue weighted by Gasteiger charge is -2.07. The summed E-state index contributed by atoms with van der Waals surface area (Å²) >= 11 is 5.90. The molecule has 2 aromatic carbocycles. The van der Waals surface area contributed by atoms with Crippen molar-refractivity contribution in [3.05, 3.63) is 77.1 Å². The number of pyridine rings is 1. The first-order valence-electron chi connectivity index (χ1n) is 10.2. The molecule has 3 heterocycles. The van der Waals surface area contributed by atoms with Gasteiger partial charge < -0.3 is 20.2 Å². The fourth-order valence-electron chi connectivity index (χ4n) is 3.86. The van der Waals surface area contributed by atoms with Crippen LogP contribution < -0.4 is 10.6 Å². The number of nitrogens with one attached hydrogen (secondary N) is 3. The molecule has 8 heteroatoms. The van der Waals surface area contributed by atoms with Crippen LogP contribution in [0.25, 0.3) is 33.3 Å². The minimum Gasteiger partial charge on any atom is -0.371 e. The molecule has 0 atom stereocenters. The van der Waals surface area contributed by atoms with Gasteiger partial charge in [-0.05, 0) is 47.5 Å². The van der Waals surface area contributed by atoms with Gasteiger partial charge in [0, 0.05) is 42.3 Å². The average Bonchev–Trinajstić information content (AvgIpc) is 3.41. The lowest BCUT2D eigenvalue weighted by Crippen LogP contribution is -2.22. The number of fused-ring (bicyclic) bond motifs is 3. The van der Waals surface area contributed by atoms with Crippen molar-refractivity contribution in [2.45, 2.75) is 6.54 Å². The Morgan fingerprint density at radius 1 is 1.16 bits per heavy atom. The molecule has 0 saturated carbocycles. The number of imidazole rings is 1. The van der Waals surface area contributed by atoms with E-state index in [9.17, 15) is 4.79 Å². The summed E-state index contributed by atoms with van der Waals surface area (Å²) in [7, 11) is 3.82. The second kappa shape index (κ2) is 8.01. The molecule has 5 rings (SSSR count). The first-order chi connectivity index (χ1) is 15.5. The molecule has 0 aliphatic rings. The normalized spacial score (nSPS) is 11.2. The summed E-state index contributed by atoms with van der Waals surface area (Å²) in [5, 5.41) is 7.70. The van der Waals surface area contributed by atoms with E-state index in [-0.39, 0.29) is 5.91 Å². The number of nitrogens with zero attached hydrogens (tertiary/aromatic N) is 3. The molecule has 0 aliphatic heterocycles. The van der Waals surface area contributed by atoms with Gasteiger partial charge in [-0.1, -0.05) is 29.8 Å². The monoisotopic (exact) mass is 444 g/mol. The molecule has 0 spiro atoms. The topological polar surface area (TPSA) is 87.6 Å². The van der Waals surface area contributed by atoms with Gasteiger partial charge in [0.15, 0.2) is 5.82 Å². The SMILES string of the molecule is CNc1nc2[nH]c(-c3cccc(CNC(=O)c4ccc(Cl)cc4)c3)cc2c2c1ncn2C. The highest BCUT2D eigenvalue weighted by atomic mass is 35.5. The molecule has 0 unspecified atom stereocenters. The zero-order valence-corrected chi connectivity index (χ0v) is 18.4. The molecule has 0 bridgehead atoms. The third-order valence-corrected chi connectivity index (χ3v) is 5.72. The quantitative estimate of drug-likeness (QED) is 0.365. The first kappa shape index (κ1) is 20.1. The van der Waals surface area contributed by atoms with Gasteiger partial charge in [0.1, 0.15) is 11.2 Å². The van der Waals surface area contributed by atoms with Crippen molar-refractivity contribution >= 4 is 45.4 Å². The van der Waals surface area contributed by atoms with Crippen molar-refractivity contribution < 1.29 is 4.79 Å². The van der Waals surface area contributed by atoms with Crippen LogP contribution in [0, 0.1) is 0 Å². The Balaban J connectivity index is 1.44. The lowest BCUT2D eigenvalue weighted by atomic mass is 10.1. The predicted octanol–water partition coefficient (Wildman–Crippen LogP) is 4.74. The Hall–Kier alpha value is -3.84. The Labute approximate surface area is 189 Å². The van der Waals surface area contributed by atoms with Crippen LogP contribution in [0.3, 0.4) is 0 Å². The molecule has 160 valence electrons. The molecule has 0 aliphatic carbocycles. The summed E-state index contributed by atoms with van der Waals surface area (Å²) in [6, 6.07) is 17.0. The highest BCUT2D eigenvalue weighted by Gasteiger charge is 2.15. The first-order valence-corrected chi connectivity index (χ1v) is 10.6. The van der Waals surface area contributed by atoms with E-state index in [2.05, 4.69) is 32.7 Å². The maximum Gasteiger partial charge on any atom is 0.251 e. The smallest absolute Gasteiger partial charge is 0.251 e. The standard InChI is InChI=1S/C24H21ClN6O/c1-26-23-20-21(31(2)13-28-20)18-11-19(29-22(18)30-23)16-5-3-4-14(10-16)12-27-24(32)15-6-8-17(25)9-7-15/h3-11,13H,12H2,1-2H3,(H,27,32)(H2,26,29,30). The Morgan fingerprint density at radius 3 is 2.75 bits per heavy atom. The molecule has 5 aromatic rings. The molecule has 0 saturated heterocycles. The van der Waals surface area contributed by atoms with E-state index < -0.39 is 0 Å². The Bertz CT molecular complexity index is 1450. The van der Waals surface area contributed by atoms with Gasteiger partial charge in [0.25, 0.3) is 5.91 Å². The number of aromatic nitrogens is 4. The number of hydrogen-bond acceptors (Lipinski definition) is 4. The number of H-pyrrole nitrogens is 1. The van der Waals surface area contributed by atoms with E-state index >= 15 is 0 Å². The van der Waals surface area contributed by atoms with E-state index in [0.29, 0.717) is 17.1 Å². The van der Waals surface area contributed by atoms with E-state index in [1.54, 1.807) is 30.6 Å². The third-order valence-electron chi connectivity index (χ3n) is 5.47. The average molecular weight is 445 g/mol. The van der Waals surface area contributed by atoms with Gasteiger partial charge in [-0.25, -0.2) is 9.97 Å². The Morgan fingerprint density at radius 2 is 1.97 bits per heavy atom. The fraction of sp³-hybridized carbons (Fsp3) is 0.125. The maximum absolute atomic E-state index is 12.4. The van der Waals surface area contributed by atoms with Crippen LogP contribution in [-0.4, -0.2) is 32.5 Å². The molecule has 0 fully saturated rings. The number of amides is 1. The van der Waals surface area contributed by atoms with Crippen molar-refractivity contribution in [3.8, 4) is 11.3 Å². The molecule has 32 heavy (non-hydrogen) atoms. The summed E-state index contributed by atoms with van der Waals surface area (Å²) in [6.07, 6.45) is 1.79. The van der Waals surface area contributed by atoms with Gasteiger partial charge in [0.05, 0.1) is 11.8 Å². The van der Waals surface area contributed by atoms with Crippen LogP contribution in [-0.2, 0) is 13.6 Å². The summed E-state index contributed by atoms with van der Waals surface area (Å²) in [6.45, 7) is 0.420. The molecule has 3 aromatic heterocycles. The Kier molecular flexibility index (Phi) is 5.03. The highest BCUT2D eigenvalue weighted by Crippen LogP contribution is 2.31.